The van der Waals surface area contributed by atoms with Gasteiger partial charge in [-0.2, -0.15) is 5.26 Å². The number of hydrogen-bond donors (Lipinski definition) is 1. The molecule has 3 aromatic rings. The van der Waals surface area contributed by atoms with Gasteiger partial charge in [0.1, 0.15) is 5.82 Å². The Kier molecular flexibility index (Phi) is 6.01. The normalized spacial score (nSPS) is 20.0. The molecule has 1 aliphatic rings. The lowest BCUT2D eigenvalue weighted by Crippen LogP contribution is -2.44. The van der Waals surface area contributed by atoms with E-state index >= 15 is 0 Å². The number of nitriles is 1. The molecule has 0 bridgehead atoms. The van der Waals surface area contributed by atoms with Crippen LogP contribution in [0.2, 0.25) is 0 Å². The molecule has 1 unspecified atom stereocenters. The second kappa shape index (κ2) is 8.87. The first-order valence-corrected chi connectivity index (χ1v) is 10.8. The molecule has 0 amide bonds. The van der Waals surface area contributed by atoms with Crippen molar-refractivity contribution in [1.82, 2.24) is 9.97 Å². The van der Waals surface area contributed by atoms with E-state index in [1.165, 1.54) is 5.56 Å². The van der Waals surface area contributed by atoms with Gasteiger partial charge in [0.05, 0.1) is 35.3 Å². The van der Waals surface area contributed by atoms with Gasteiger partial charge in [0.25, 0.3) is 0 Å². The highest BCUT2D eigenvalue weighted by molar-refractivity contribution is 5.61. The Bertz CT molecular complexity index is 1060. The van der Waals surface area contributed by atoms with Crippen LogP contribution in [-0.2, 0) is 10.2 Å². The Morgan fingerprint density at radius 3 is 2.55 bits per heavy atom. The molecule has 0 spiro atoms. The van der Waals surface area contributed by atoms with Crippen molar-refractivity contribution in [2.75, 3.05) is 18.5 Å². The summed E-state index contributed by atoms with van der Waals surface area (Å²) >= 11 is 0. The van der Waals surface area contributed by atoms with Crippen molar-refractivity contribution in [1.29, 1.82) is 5.26 Å². The predicted octanol–water partition coefficient (Wildman–Crippen LogP) is 5.34. The zero-order valence-corrected chi connectivity index (χ0v) is 18.1. The Morgan fingerprint density at radius 2 is 1.84 bits per heavy atom. The Hall–Kier alpha value is -3.23. The summed E-state index contributed by atoms with van der Waals surface area (Å²) in [5.74, 6) is 0.761. The second-order valence-electron chi connectivity index (χ2n) is 8.84. The molecule has 5 nitrogen and oxygen atoms in total. The number of rotatable bonds is 6. The average molecular weight is 413 g/mol. The van der Waals surface area contributed by atoms with Crippen LogP contribution in [0.3, 0.4) is 0 Å². The van der Waals surface area contributed by atoms with E-state index in [-0.39, 0.29) is 11.0 Å². The van der Waals surface area contributed by atoms with E-state index in [0.717, 1.165) is 49.5 Å². The maximum atomic E-state index is 8.99. The van der Waals surface area contributed by atoms with E-state index in [1.807, 2.05) is 12.1 Å². The van der Waals surface area contributed by atoms with Crippen LogP contribution in [0.25, 0.3) is 11.3 Å². The molecule has 1 atom stereocenters. The molecule has 0 aliphatic carbocycles. The van der Waals surface area contributed by atoms with Gasteiger partial charge in [0.15, 0.2) is 0 Å². The van der Waals surface area contributed by atoms with Gasteiger partial charge in [-0.3, -0.25) is 4.98 Å². The van der Waals surface area contributed by atoms with Crippen molar-refractivity contribution < 1.29 is 4.74 Å². The van der Waals surface area contributed by atoms with E-state index in [0.29, 0.717) is 5.56 Å². The topological polar surface area (TPSA) is 70.8 Å². The third-order valence-electron chi connectivity index (χ3n) is 6.08. The molecular formula is C26H28N4O. The standard InChI is InChI=1S/C26H28N4O/c1-25(2)19-26(13-15-31-25,22-6-4-3-5-7-22)12-14-29-24-18-28-17-23(30-24)21-10-8-20(16-27)9-11-21/h3-11,17-18H,12-15,19H2,1-2H3,(H,29,30). The van der Waals surface area contributed by atoms with Crippen LogP contribution in [0, 0.1) is 11.3 Å². The highest BCUT2D eigenvalue weighted by Crippen LogP contribution is 2.43. The maximum Gasteiger partial charge on any atom is 0.145 e. The zero-order chi connectivity index (χ0) is 21.7. The van der Waals surface area contributed by atoms with E-state index in [4.69, 9.17) is 15.0 Å². The Balaban J connectivity index is 1.48. The number of aromatic nitrogens is 2. The van der Waals surface area contributed by atoms with Crippen LogP contribution in [0.5, 0.6) is 0 Å². The summed E-state index contributed by atoms with van der Waals surface area (Å²) in [6, 6.07) is 20.4. The first-order valence-electron chi connectivity index (χ1n) is 10.8. The molecule has 1 N–H and O–H groups in total. The predicted molar refractivity (Wildman–Crippen MR) is 123 cm³/mol. The van der Waals surface area contributed by atoms with Gasteiger partial charge in [-0.1, -0.05) is 42.5 Å². The summed E-state index contributed by atoms with van der Waals surface area (Å²) in [7, 11) is 0. The lowest BCUT2D eigenvalue weighted by Gasteiger charge is -2.45. The SMILES string of the molecule is CC1(C)CC(CCNc2cncc(-c3ccc(C#N)cc3)n2)(c2ccccc2)CCO1. The van der Waals surface area contributed by atoms with Crippen molar-refractivity contribution in [3.05, 3.63) is 78.1 Å². The summed E-state index contributed by atoms with van der Waals surface area (Å²) in [5.41, 5.74) is 3.70. The van der Waals surface area contributed by atoms with Gasteiger partial charge in [0.2, 0.25) is 0 Å². The number of hydrogen-bond acceptors (Lipinski definition) is 5. The Labute approximate surface area is 184 Å². The molecule has 1 aromatic heterocycles. The van der Waals surface area contributed by atoms with Gasteiger partial charge in [-0.15, -0.1) is 0 Å². The second-order valence-corrected chi connectivity index (χ2v) is 8.84. The van der Waals surface area contributed by atoms with E-state index in [1.54, 1.807) is 24.5 Å². The van der Waals surface area contributed by atoms with Gasteiger partial charge >= 0.3 is 0 Å². The third-order valence-corrected chi connectivity index (χ3v) is 6.08. The average Bonchev–Trinajstić information content (AvgIpc) is 2.79. The summed E-state index contributed by atoms with van der Waals surface area (Å²) < 4.78 is 6.03. The van der Waals surface area contributed by atoms with Crippen LogP contribution in [0.15, 0.2) is 67.0 Å². The summed E-state index contributed by atoms with van der Waals surface area (Å²) in [6.45, 7) is 5.94. The van der Waals surface area contributed by atoms with Crippen molar-refractivity contribution in [2.24, 2.45) is 0 Å². The van der Waals surface area contributed by atoms with Crippen LogP contribution >= 0.6 is 0 Å². The molecular weight excluding hydrogens is 384 g/mol. The molecule has 1 fully saturated rings. The van der Waals surface area contributed by atoms with E-state index in [2.05, 4.69) is 60.5 Å². The van der Waals surface area contributed by atoms with Gasteiger partial charge in [-0.25, -0.2) is 4.98 Å². The smallest absolute Gasteiger partial charge is 0.145 e. The maximum absolute atomic E-state index is 8.99. The fraction of sp³-hybridized carbons (Fsp3) is 0.346. The first kappa shape index (κ1) is 21.0. The van der Waals surface area contributed by atoms with Crippen molar-refractivity contribution >= 4 is 5.82 Å². The van der Waals surface area contributed by atoms with E-state index < -0.39 is 0 Å². The minimum atomic E-state index is -0.136. The van der Waals surface area contributed by atoms with Crippen molar-refractivity contribution in [2.45, 2.75) is 44.1 Å². The number of ether oxygens (including phenoxy) is 1. The molecule has 5 heteroatoms. The van der Waals surface area contributed by atoms with Crippen molar-refractivity contribution in [3.63, 3.8) is 0 Å². The van der Waals surface area contributed by atoms with Crippen LogP contribution < -0.4 is 5.32 Å². The minimum Gasteiger partial charge on any atom is -0.376 e. The molecule has 0 saturated carbocycles. The molecule has 1 aliphatic heterocycles. The zero-order valence-electron chi connectivity index (χ0n) is 18.1. The molecule has 31 heavy (non-hydrogen) atoms. The first-order chi connectivity index (χ1) is 15.0. The molecule has 0 radical (unpaired) electrons. The molecule has 4 rings (SSSR count). The van der Waals surface area contributed by atoms with Crippen LogP contribution in [-0.4, -0.2) is 28.7 Å². The van der Waals surface area contributed by atoms with Crippen LogP contribution in [0.1, 0.15) is 44.2 Å². The minimum absolute atomic E-state index is 0.0776. The van der Waals surface area contributed by atoms with Gasteiger partial charge in [0, 0.05) is 24.1 Å². The fourth-order valence-corrected chi connectivity index (χ4v) is 4.61. The highest BCUT2D eigenvalue weighted by Gasteiger charge is 2.41. The van der Waals surface area contributed by atoms with Gasteiger partial charge < -0.3 is 10.1 Å². The number of benzene rings is 2. The highest BCUT2D eigenvalue weighted by atomic mass is 16.5. The van der Waals surface area contributed by atoms with Gasteiger partial charge in [-0.05, 0) is 50.8 Å². The largest absolute Gasteiger partial charge is 0.376 e. The summed E-state index contributed by atoms with van der Waals surface area (Å²) in [5, 5.41) is 12.5. The fourth-order valence-electron chi connectivity index (χ4n) is 4.61. The summed E-state index contributed by atoms with van der Waals surface area (Å²) in [4.78, 5) is 9.08. The number of nitrogens with zero attached hydrogens (tertiary/aromatic N) is 3. The number of anilines is 1. The summed E-state index contributed by atoms with van der Waals surface area (Å²) in [6.07, 6.45) is 6.50. The Morgan fingerprint density at radius 1 is 1.06 bits per heavy atom. The molecule has 1 saturated heterocycles. The lowest BCUT2D eigenvalue weighted by atomic mass is 9.67. The molecule has 2 heterocycles. The monoisotopic (exact) mass is 412 g/mol. The van der Waals surface area contributed by atoms with Crippen LogP contribution in [0.4, 0.5) is 5.82 Å². The molecule has 2 aromatic carbocycles. The van der Waals surface area contributed by atoms with Crippen molar-refractivity contribution in [3.8, 4) is 17.3 Å². The van der Waals surface area contributed by atoms with E-state index in [9.17, 15) is 0 Å². The molecule has 158 valence electrons. The quantitative estimate of drug-likeness (QED) is 0.591. The number of nitrogens with one attached hydrogen (secondary N) is 1. The third kappa shape index (κ3) is 4.92. The lowest BCUT2D eigenvalue weighted by molar-refractivity contribution is -0.0835.